The van der Waals surface area contributed by atoms with E-state index in [0.717, 1.165) is 19.5 Å². The molecule has 126 valence electrons. The molecule has 1 amide bonds. The van der Waals surface area contributed by atoms with Crippen LogP contribution in [0.25, 0.3) is 0 Å². The molecular weight excluding hydrogens is 304 g/mol. The lowest BCUT2D eigenvalue weighted by molar-refractivity contribution is 0.0916. The minimum absolute atomic E-state index is 0.0773. The standard InChI is InChI=1S/C19H22N2O3/c1-13-4-3-5-16(8-13)21-7-6-15(12-21)11-20-19(23)18-10-17(22)9-14(2)24-18/h3-5,8-10,15H,6-7,11-12H2,1-2H3,(H,20,23). The van der Waals surface area contributed by atoms with Crippen LogP contribution < -0.4 is 15.6 Å². The topological polar surface area (TPSA) is 62.6 Å². The van der Waals surface area contributed by atoms with E-state index < -0.39 is 0 Å². The maximum Gasteiger partial charge on any atom is 0.287 e. The van der Waals surface area contributed by atoms with Crippen molar-refractivity contribution in [1.29, 1.82) is 0 Å². The molecule has 1 saturated heterocycles. The SMILES string of the molecule is Cc1cccc(N2CCC(CNC(=O)c3cc(=O)cc(C)o3)C2)c1. The van der Waals surface area contributed by atoms with Gasteiger partial charge in [-0.2, -0.15) is 0 Å². The Morgan fingerprint density at radius 1 is 1.29 bits per heavy atom. The Labute approximate surface area is 141 Å². The second-order valence-electron chi connectivity index (χ2n) is 6.42. The predicted molar refractivity (Wildman–Crippen MR) is 93.5 cm³/mol. The predicted octanol–water partition coefficient (Wildman–Crippen LogP) is 2.51. The molecule has 1 aliphatic rings. The lowest BCUT2D eigenvalue weighted by Gasteiger charge is -2.19. The van der Waals surface area contributed by atoms with Crippen molar-refractivity contribution in [2.45, 2.75) is 20.3 Å². The molecule has 2 heterocycles. The zero-order valence-corrected chi connectivity index (χ0v) is 14.0. The van der Waals surface area contributed by atoms with E-state index in [2.05, 4.69) is 41.4 Å². The Bertz CT molecular complexity index is 797. The van der Waals surface area contributed by atoms with Gasteiger partial charge in [0.2, 0.25) is 0 Å². The van der Waals surface area contributed by atoms with Gasteiger partial charge in [-0.15, -0.1) is 0 Å². The fraction of sp³-hybridized carbons (Fsp3) is 0.368. The van der Waals surface area contributed by atoms with E-state index >= 15 is 0 Å². The molecule has 0 saturated carbocycles. The van der Waals surface area contributed by atoms with Crippen LogP contribution in [0.1, 0.15) is 28.3 Å². The molecule has 1 atom stereocenters. The Kier molecular flexibility index (Phi) is 4.69. The van der Waals surface area contributed by atoms with Crippen LogP contribution in [0.5, 0.6) is 0 Å². The second-order valence-corrected chi connectivity index (χ2v) is 6.42. The largest absolute Gasteiger partial charge is 0.456 e. The van der Waals surface area contributed by atoms with Crippen molar-refractivity contribution < 1.29 is 9.21 Å². The van der Waals surface area contributed by atoms with Crippen molar-refractivity contribution in [1.82, 2.24) is 5.32 Å². The van der Waals surface area contributed by atoms with Crippen molar-refractivity contribution in [3.8, 4) is 0 Å². The van der Waals surface area contributed by atoms with Crippen LogP contribution in [0, 0.1) is 19.8 Å². The van der Waals surface area contributed by atoms with E-state index in [1.807, 2.05) is 0 Å². The van der Waals surface area contributed by atoms with Gasteiger partial charge in [0.25, 0.3) is 5.91 Å². The van der Waals surface area contributed by atoms with Crippen molar-refractivity contribution in [2.24, 2.45) is 5.92 Å². The summed E-state index contributed by atoms with van der Waals surface area (Å²) >= 11 is 0. The highest BCUT2D eigenvalue weighted by Gasteiger charge is 2.23. The summed E-state index contributed by atoms with van der Waals surface area (Å²) in [5.41, 5.74) is 2.27. The van der Waals surface area contributed by atoms with Crippen LogP contribution in [0.3, 0.4) is 0 Å². The molecule has 1 aliphatic heterocycles. The Balaban J connectivity index is 1.56. The van der Waals surface area contributed by atoms with E-state index in [9.17, 15) is 9.59 Å². The van der Waals surface area contributed by atoms with Crippen LogP contribution >= 0.6 is 0 Å². The summed E-state index contributed by atoms with van der Waals surface area (Å²) in [5.74, 6) is 0.587. The first-order valence-corrected chi connectivity index (χ1v) is 8.23. The Morgan fingerprint density at radius 3 is 2.88 bits per heavy atom. The number of carbonyl (C=O) groups excluding carboxylic acids is 1. The molecule has 1 aromatic carbocycles. The van der Waals surface area contributed by atoms with Crippen LogP contribution in [-0.4, -0.2) is 25.5 Å². The van der Waals surface area contributed by atoms with Crippen molar-refractivity contribution >= 4 is 11.6 Å². The fourth-order valence-corrected chi connectivity index (χ4v) is 3.10. The molecule has 1 N–H and O–H groups in total. The molecule has 0 aliphatic carbocycles. The smallest absolute Gasteiger partial charge is 0.287 e. The highest BCUT2D eigenvalue weighted by Crippen LogP contribution is 2.24. The van der Waals surface area contributed by atoms with Gasteiger partial charge in [0.1, 0.15) is 5.76 Å². The molecule has 1 aromatic heterocycles. The average molecular weight is 326 g/mol. The van der Waals surface area contributed by atoms with Gasteiger partial charge in [-0.3, -0.25) is 9.59 Å². The Hall–Kier alpha value is -2.56. The van der Waals surface area contributed by atoms with E-state index in [1.165, 1.54) is 23.4 Å². The van der Waals surface area contributed by atoms with Crippen LogP contribution in [0.2, 0.25) is 0 Å². The summed E-state index contributed by atoms with van der Waals surface area (Å²) in [7, 11) is 0. The van der Waals surface area contributed by atoms with Gasteiger partial charge in [0.15, 0.2) is 11.2 Å². The number of anilines is 1. The first kappa shape index (κ1) is 16.3. The van der Waals surface area contributed by atoms with Gasteiger partial charge in [-0.1, -0.05) is 12.1 Å². The normalized spacial score (nSPS) is 17.1. The van der Waals surface area contributed by atoms with Gasteiger partial charge in [-0.05, 0) is 43.9 Å². The third-order valence-corrected chi connectivity index (χ3v) is 4.32. The van der Waals surface area contributed by atoms with Gasteiger partial charge in [0.05, 0.1) is 0 Å². The lowest BCUT2D eigenvalue weighted by Crippen LogP contribution is -2.31. The molecule has 0 bridgehead atoms. The first-order valence-electron chi connectivity index (χ1n) is 8.23. The van der Waals surface area contributed by atoms with Crippen LogP contribution in [0.15, 0.2) is 45.6 Å². The van der Waals surface area contributed by atoms with Crippen LogP contribution in [-0.2, 0) is 0 Å². The summed E-state index contributed by atoms with van der Waals surface area (Å²) < 4.78 is 5.32. The van der Waals surface area contributed by atoms with E-state index in [1.54, 1.807) is 6.92 Å². The number of nitrogens with one attached hydrogen (secondary N) is 1. The molecule has 24 heavy (non-hydrogen) atoms. The number of aryl methyl sites for hydroxylation is 2. The number of rotatable bonds is 4. The summed E-state index contributed by atoms with van der Waals surface area (Å²) in [5, 5.41) is 2.88. The van der Waals surface area contributed by atoms with Crippen molar-refractivity contribution in [3.63, 3.8) is 0 Å². The highest BCUT2D eigenvalue weighted by atomic mass is 16.3. The number of hydrogen-bond acceptors (Lipinski definition) is 4. The Morgan fingerprint density at radius 2 is 2.12 bits per heavy atom. The molecule has 3 rings (SSSR count). The molecule has 0 spiro atoms. The third-order valence-electron chi connectivity index (χ3n) is 4.32. The number of amides is 1. The number of nitrogens with zero attached hydrogens (tertiary/aromatic N) is 1. The van der Waals surface area contributed by atoms with Gasteiger partial charge >= 0.3 is 0 Å². The molecule has 0 radical (unpaired) electrons. The average Bonchev–Trinajstić information content (AvgIpc) is 3.00. The number of hydrogen-bond donors (Lipinski definition) is 1. The first-order chi connectivity index (χ1) is 11.5. The van der Waals surface area contributed by atoms with Gasteiger partial charge in [0, 0.05) is 37.5 Å². The molecule has 1 unspecified atom stereocenters. The third kappa shape index (κ3) is 3.85. The lowest BCUT2D eigenvalue weighted by atomic mass is 10.1. The summed E-state index contributed by atoms with van der Waals surface area (Å²) in [6.45, 7) is 6.24. The maximum atomic E-state index is 12.1. The highest BCUT2D eigenvalue weighted by molar-refractivity contribution is 5.91. The quantitative estimate of drug-likeness (QED) is 0.938. The molecule has 2 aromatic rings. The zero-order chi connectivity index (χ0) is 17.1. The number of carbonyl (C=O) groups is 1. The molecule has 1 fully saturated rings. The molecule has 5 nitrogen and oxygen atoms in total. The minimum Gasteiger partial charge on any atom is -0.456 e. The van der Waals surface area contributed by atoms with E-state index in [0.29, 0.717) is 18.2 Å². The monoisotopic (exact) mass is 326 g/mol. The van der Waals surface area contributed by atoms with Crippen LogP contribution in [0.4, 0.5) is 5.69 Å². The van der Waals surface area contributed by atoms with Gasteiger partial charge in [-0.25, -0.2) is 0 Å². The zero-order valence-electron chi connectivity index (χ0n) is 14.0. The van der Waals surface area contributed by atoms with Crippen molar-refractivity contribution in [2.75, 3.05) is 24.5 Å². The summed E-state index contributed by atoms with van der Waals surface area (Å²) in [4.78, 5) is 25.9. The second kappa shape index (κ2) is 6.91. The maximum absolute atomic E-state index is 12.1. The summed E-state index contributed by atoms with van der Waals surface area (Å²) in [6.07, 6.45) is 1.03. The van der Waals surface area contributed by atoms with Gasteiger partial charge < -0.3 is 14.6 Å². The van der Waals surface area contributed by atoms with E-state index in [4.69, 9.17) is 4.42 Å². The number of benzene rings is 1. The molecular formula is C19H22N2O3. The fourth-order valence-electron chi connectivity index (χ4n) is 3.10. The minimum atomic E-state index is -0.329. The van der Waals surface area contributed by atoms with Crippen molar-refractivity contribution in [3.05, 3.63) is 63.7 Å². The molecule has 5 heteroatoms. The van der Waals surface area contributed by atoms with E-state index in [-0.39, 0.29) is 17.1 Å². The summed E-state index contributed by atoms with van der Waals surface area (Å²) in [6, 6.07) is 11.1.